The molecule has 1 aliphatic carbocycles. The largest absolute Gasteiger partial charge is 0.511 e. The number of guanidine groups is 1. The fourth-order valence-electron chi connectivity index (χ4n) is 3.94. The SMILES string of the molecule is CCNC(=NCC1CCN(S(=O)(=O)C(F)(F)F)CC1)NCCCC1CCCC1.I. The van der Waals surface area contributed by atoms with E-state index < -0.39 is 15.5 Å². The molecule has 0 aromatic carbocycles. The first-order chi connectivity index (χ1) is 13.2. The molecule has 0 atom stereocenters. The molecule has 0 spiro atoms. The second kappa shape index (κ2) is 12.5. The van der Waals surface area contributed by atoms with Crippen molar-refractivity contribution >= 4 is 40.0 Å². The topological polar surface area (TPSA) is 73.8 Å². The number of sulfonamides is 1. The van der Waals surface area contributed by atoms with Gasteiger partial charge in [0.15, 0.2) is 5.96 Å². The van der Waals surface area contributed by atoms with Gasteiger partial charge in [0.2, 0.25) is 0 Å². The van der Waals surface area contributed by atoms with Gasteiger partial charge in [0, 0.05) is 32.7 Å². The molecule has 11 heteroatoms. The summed E-state index contributed by atoms with van der Waals surface area (Å²) in [5.41, 5.74) is -5.22. The first-order valence-electron chi connectivity index (χ1n) is 10.3. The summed E-state index contributed by atoms with van der Waals surface area (Å²) < 4.78 is 61.4. The molecule has 1 saturated heterocycles. The maximum Gasteiger partial charge on any atom is 0.511 e. The Morgan fingerprint density at radius 1 is 1.07 bits per heavy atom. The minimum Gasteiger partial charge on any atom is -0.357 e. The molecule has 2 fully saturated rings. The molecular weight excluding hydrogens is 520 g/mol. The van der Waals surface area contributed by atoms with Gasteiger partial charge in [-0.15, -0.1) is 24.0 Å². The fraction of sp³-hybridized carbons (Fsp3) is 0.944. The maximum absolute atomic E-state index is 12.6. The molecule has 2 aliphatic rings. The summed E-state index contributed by atoms with van der Waals surface area (Å²) in [6.07, 6.45) is 8.51. The molecule has 0 aromatic rings. The predicted molar refractivity (Wildman–Crippen MR) is 120 cm³/mol. The highest BCUT2D eigenvalue weighted by atomic mass is 127. The van der Waals surface area contributed by atoms with Crippen LogP contribution < -0.4 is 10.6 Å². The van der Waals surface area contributed by atoms with Crippen molar-refractivity contribution in [3.8, 4) is 0 Å². The lowest BCUT2D eigenvalue weighted by Crippen LogP contribution is -2.45. The Hall–Kier alpha value is -0.300. The van der Waals surface area contributed by atoms with E-state index in [1.54, 1.807) is 0 Å². The first kappa shape index (κ1) is 26.7. The van der Waals surface area contributed by atoms with Gasteiger partial charge in [-0.3, -0.25) is 4.99 Å². The van der Waals surface area contributed by atoms with Gasteiger partial charge in [-0.25, -0.2) is 8.42 Å². The van der Waals surface area contributed by atoms with Crippen molar-refractivity contribution in [3.05, 3.63) is 0 Å². The van der Waals surface area contributed by atoms with E-state index in [1.807, 2.05) is 6.92 Å². The van der Waals surface area contributed by atoms with E-state index in [1.165, 1.54) is 32.1 Å². The lowest BCUT2D eigenvalue weighted by Gasteiger charge is -2.30. The number of halogens is 4. The molecule has 1 saturated carbocycles. The van der Waals surface area contributed by atoms with Crippen LogP contribution in [0.4, 0.5) is 13.2 Å². The molecule has 2 rings (SSSR count). The zero-order valence-electron chi connectivity index (χ0n) is 17.0. The second-order valence-corrected chi connectivity index (χ2v) is 9.66. The Labute approximate surface area is 189 Å². The smallest absolute Gasteiger partial charge is 0.357 e. The molecule has 0 amide bonds. The molecule has 0 bridgehead atoms. The zero-order valence-corrected chi connectivity index (χ0v) is 20.2. The number of nitrogens with zero attached hydrogens (tertiary/aromatic N) is 2. The van der Waals surface area contributed by atoms with Crippen molar-refractivity contribution < 1.29 is 21.6 Å². The molecule has 0 radical (unpaired) electrons. The highest BCUT2D eigenvalue weighted by molar-refractivity contribution is 14.0. The summed E-state index contributed by atoms with van der Waals surface area (Å²) in [4.78, 5) is 4.55. The highest BCUT2D eigenvalue weighted by Crippen LogP contribution is 2.30. The van der Waals surface area contributed by atoms with E-state index in [0.717, 1.165) is 31.4 Å². The Morgan fingerprint density at radius 2 is 1.69 bits per heavy atom. The third kappa shape index (κ3) is 8.39. The van der Waals surface area contributed by atoms with E-state index in [-0.39, 0.29) is 43.0 Å². The summed E-state index contributed by atoms with van der Waals surface area (Å²) in [5.74, 6) is 1.67. The summed E-state index contributed by atoms with van der Waals surface area (Å²) in [6.45, 7) is 3.84. The molecule has 2 N–H and O–H groups in total. The van der Waals surface area contributed by atoms with Gasteiger partial charge in [-0.2, -0.15) is 17.5 Å². The lowest BCUT2D eigenvalue weighted by molar-refractivity contribution is -0.0496. The second-order valence-electron chi connectivity index (χ2n) is 7.73. The Kier molecular flexibility index (Phi) is 11.6. The summed E-state index contributed by atoms with van der Waals surface area (Å²) in [5, 5.41) is 6.51. The average molecular weight is 554 g/mol. The number of rotatable bonds is 8. The number of alkyl halides is 3. The van der Waals surface area contributed by atoms with Crippen LogP contribution in [0.2, 0.25) is 0 Å². The van der Waals surface area contributed by atoms with Gasteiger partial charge in [-0.1, -0.05) is 25.7 Å². The van der Waals surface area contributed by atoms with Crippen LogP contribution in [-0.4, -0.2) is 56.9 Å². The maximum atomic E-state index is 12.6. The molecule has 172 valence electrons. The minimum absolute atomic E-state index is 0. The zero-order chi connectivity index (χ0) is 20.6. The molecule has 0 unspecified atom stereocenters. The van der Waals surface area contributed by atoms with Crippen LogP contribution in [0.3, 0.4) is 0 Å². The van der Waals surface area contributed by atoms with E-state index >= 15 is 0 Å². The van der Waals surface area contributed by atoms with Crippen LogP contribution >= 0.6 is 24.0 Å². The van der Waals surface area contributed by atoms with Gasteiger partial charge in [-0.05, 0) is 44.4 Å². The number of aliphatic imine (C=N–C) groups is 1. The third-order valence-electron chi connectivity index (χ3n) is 5.61. The molecule has 1 heterocycles. The van der Waals surface area contributed by atoms with Gasteiger partial charge in [0.1, 0.15) is 0 Å². The van der Waals surface area contributed by atoms with Crippen LogP contribution in [0.5, 0.6) is 0 Å². The number of hydrogen-bond donors (Lipinski definition) is 2. The van der Waals surface area contributed by atoms with E-state index in [4.69, 9.17) is 0 Å². The Bertz CT molecular complexity index is 603. The molecule has 6 nitrogen and oxygen atoms in total. The van der Waals surface area contributed by atoms with Crippen molar-refractivity contribution in [1.29, 1.82) is 0 Å². The van der Waals surface area contributed by atoms with Crippen LogP contribution in [-0.2, 0) is 10.0 Å². The number of piperidine rings is 1. The van der Waals surface area contributed by atoms with Crippen molar-refractivity contribution in [2.75, 3.05) is 32.7 Å². The molecule has 29 heavy (non-hydrogen) atoms. The molecule has 0 aromatic heterocycles. The molecular formula is C18H34F3IN4O2S. The van der Waals surface area contributed by atoms with Gasteiger partial charge >= 0.3 is 15.5 Å². The Balaban J connectivity index is 0.00000420. The summed E-state index contributed by atoms with van der Waals surface area (Å²) in [7, 11) is -5.21. The first-order valence-corrected chi connectivity index (χ1v) is 11.8. The summed E-state index contributed by atoms with van der Waals surface area (Å²) in [6, 6.07) is 0. The average Bonchev–Trinajstić information content (AvgIpc) is 3.16. The van der Waals surface area contributed by atoms with Gasteiger partial charge in [0.25, 0.3) is 0 Å². The van der Waals surface area contributed by atoms with Crippen LogP contribution in [0.1, 0.15) is 58.3 Å². The predicted octanol–water partition coefficient (Wildman–Crippen LogP) is 3.69. The third-order valence-corrected chi connectivity index (χ3v) is 7.24. The van der Waals surface area contributed by atoms with Gasteiger partial charge in [0.05, 0.1) is 0 Å². The lowest BCUT2D eigenvalue weighted by atomic mass is 9.98. The Morgan fingerprint density at radius 3 is 2.24 bits per heavy atom. The van der Waals surface area contributed by atoms with Crippen molar-refractivity contribution in [2.24, 2.45) is 16.8 Å². The van der Waals surface area contributed by atoms with Crippen LogP contribution in [0.25, 0.3) is 0 Å². The van der Waals surface area contributed by atoms with E-state index in [0.29, 0.717) is 23.7 Å². The quantitative estimate of drug-likeness (QED) is 0.208. The van der Waals surface area contributed by atoms with E-state index in [9.17, 15) is 21.6 Å². The molecule has 1 aliphatic heterocycles. The van der Waals surface area contributed by atoms with Crippen molar-refractivity contribution in [1.82, 2.24) is 14.9 Å². The normalized spacial score (nSPS) is 20.5. The van der Waals surface area contributed by atoms with Crippen LogP contribution in [0, 0.1) is 11.8 Å². The van der Waals surface area contributed by atoms with E-state index in [2.05, 4.69) is 15.6 Å². The minimum atomic E-state index is -5.22. The number of hydrogen-bond acceptors (Lipinski definition) is 3. The van der Waals surface area contributed by atoms with Gasteiger partial charge < -0.3 is 10.6 Å². The number of nitrogens with one attached hydrogen (secondary N) is 2. The monoisotopic (exact) mass is 554 g/mol. The fourth-order valence-corrected chi connectivity index (χ4v) is 4.92. The van der Waals surface area contributed by atoms with Crippen molar-refractivity contribution in [3.63, 3.8) is 0 Å². The summed E-state index contributed by atoms with van der Waals surface area (Å²) >= 11 is 0. The van der Waals surface area contributed by atoms with Crippen molar-refractivity contribution in [2.45, 2.75) is 63.8 Å². The highest BCUT2D eigenvalue weighted by Gasteiger charge is 2.50. The standard InChI is InChI=1S/C18H33F3N4O2S.HI/c1-2-22-17(23-11-5-8-15-6-3-4-7-15)24-14-16-9-12-25(13-10-16)28(26,27)18(19,20)21;/h15-16H,2-14H2,1H3,(H2,22,23,24);1H. The van der Waals surface area contributed by atoms with Crippen LogP contribution in [0.15, 0.2) is 4.99 Å².